The summed E-state index contributed by atoms with van der Waals surface area (Å²) in [5.41, 5.74) is 1.49. The molecule has 1 aromatic rings. The summed E-state index contributed by atoms with van der Waals surface area (Å²) in [6.07, 6.45) is 1.84. The number of aromatic nitrogens is 2. The Hall–Kier alpha value is -0.810. The largest absolute Gasteiger partial charge is 0.591 e. The van der Waals surface area contributed by atoms with Crippen molar-refractivity contribution in [3.05, 3.63) is 18.0 Å². The van der Waals surface area contributed by atoms with Crippen LogP contribution in [0.2, 0.25) is 0 Å². The molecule has 0 aliphatic rings. The molecule has 0 unspecified atom stereocenters. The molecule has 0 radical (unpaired) electrons. The number of hydrogen-bond acceptors (Lipinski definition) is 3. The number of hydrogen-bond donors (Lipinski definition) is 0. The molecule has 0 aromatic carbocycles. The Morgan fingerprint density at radius 2 is 2.13 bits per heavy atom. The van der Waals surface area contributed by atoms with Crippen LogP contribution < -0.4 is 0 Å². The van der Waals surface area contributed by atoms with E-state index in [0.717, 1.165) is 5.69 Å². The molecule has 0 N–H and O–H groups in total. The van der Waals surface area contributed by atoms with Crippen molar-refractivity contribution in [2.24, 2.45) is 11.4 Å². The van der Waals surface area contributed by atoms with E-state index in [9.17, 15) is 4.55 Å². The highest BCUT2D eigenvalue weighted by molar-refractivity contribution is 7.91. The second kappa shape index (κ2) is 4.37. The van der Waals surface area contributed by atoms with Crippen LogP contribution in [-0.2, 0) is 18.4 Å². The van der Waals surface area contributed by atoms with Gasteiger partial charge in [-0.2, -0.15) is 5.10 Å². The number of rotatable bonds is 2. The first-order valence-electron chi connectivity index (χ1n) is 4.78. The van der Waals surface area contributed by atoms with E-state index in [1.165, 1.54) is 0 Å². The fraction of sp³-hybridized carbons (Fsp3) is 0.600. The summed E-state index contributed by atoms with van der Waals surface area (Å²) in [7, 11) is 1.84. The molecule has 84 valence electrons. The molecule has 0 amide bonds. The molecule has 0 saturated heterocycles. The van der Waals surface area contributed by atoms with E-state index in [0.29, 0.717) is 5.71 Å². The van der Waals surface area contributed by atoms with Crippen LogP contribution in [0.1, 0.15) is 33.4 Å². The van der Waals surface area contributed by atoms with Crippen LogP contribution in [0.25, 0.3) is 0 Å². The summed E-state index contributed by atoms with van der Waals surface area (Å²) in [5.74, 6) is 0. The van der Waals surface area contributed by atoms with Gasteiger partial charge >= 0.3 is 0 Å². The van der Waals surface area contributed by atoms with Crippen LogP contribution >= 0.6 is 0 Å². The Labute approximate surface area is 93.7 Å². The van der Waals surface area contributed by atoms with Gasteiger partial charge < -0.3 is 4.55 Å². The minimum Gasteiger partial charge on any atom is -0.591 e. The van der Waals surface area contributed by atoms with Crippen molar-refractivity contribution in [2.75, 3.05) is 0 Å². The molecule has 15 heavy (non-hydrogen) atoms. The Balaban J connectivity index is 2.85. The molecule has 0 saturated carbocycles. The van der Waals surface area contributed by atoms with Gasteiger partial charge in [0.1, 0.15) is 27.5 Å². The van der Waals surface area contributed by atoms with E-state index in [2.05, 4.69) is 9.50 Å². The Morgan fingerprint density at radius 1 is 1.53 bits per heavy atom. The van der Waals surface area contributed by atoms with Gasteiger partial charge in [-0.05, 0) is 33.8 Å². The molecule has 1 rings (SSSR count). The molecule has 0 fully saturated rings. The van der Waals surface area contributed by atoms with Gasteiger partial charge in [0, 0.05) is 13.2 Å². The van der Waals surface area contributed by atoms with Gasteiger partial charge in [0.05, 0.1) is 0 Å². The van der Waals surface area contributed by atoms with E-state index >= 15 is 0 Å². The van der Waals surface area contributed by atoms with Crippen molar-refractivity contribution in [1.29, 1.82) is 0 Å². The molecule has 0 aliphatic carbocycles. The first-order chi connectivity index (χ1) is 6.80. The van der Waals surface area contributed by atoms with Crippen LogP contribution in [0.15, 0.2) is 16.7 Å². The minimum absolute atomic E-state index is 0.323. The molecular formula is C10H17N3OS. The second-order valence-electron chi connectivity index (χ2n) is 4.41. The minimum atomic E-state index is -1.22. The molecule has 0 bridgehead atoms. The molecule has 5 heteroatoms. The summed E-state index contributed by atoms with van der Waals surface area (Å²) >= 11 is -1.22. The molecule has 4 nitrogen and oxygen atoms in total. The third-order valence-electron chi connectivity index (χ3n) is 1.83. The molecule has 1 heterocycles. The quantitative estimate of drug-likeness (QED) is 0.570. The third-order valence-corrected chi connectivity index (χ3v) is 3.32. The lowest BCUT2D eigenvalue weighted by Gasteiger charge is -2.18. The predicted octanol–water partition coefficient (Wildman–Crippen LogP) is 1.69. The fourth-order valence-corrected chi connectivity index (χ4v) is 1.53. The summed E-state index contributed by atoms with van der Waals surface area (Å²) in [4.78, 5) is 0. The van der Waals surface area contributed by atoms with E-state index in [1.807, 2.05) is 47.0 Å². The Bertz CT molecular complexity index is 365. The van der Waals surface area contributed by atoms with Crippen LogP contribution in [0.4, 0.5) is 0 Å². The highest BCUT2D eigenvalue weighted by atomic mass is 32.2. The monoisotopic (exact) mass is 227 g/mol. The van der Waals surface area contributed by atoms with Gasteiger partial charge in [0.2, 0.25) is 0 Å². The Kier molecular flexibility index (Phi) is 3.57. The van der Waals surface area contributed by atoms with Crippen LogP contribution in [0.5, 0.6) is 0 Å². The van der Waals surface area contributed by atoms with Gasteiger partial charge in [0.15, 0.2) is 0 Å². The van der Waals surface area contributed by atoms with Gasteiger partial charge in [-0.15, -0.1) is 0 Å². The highest BCUT2D eigenvalue weighted by Gasteiger charge is 2.26. The lowest BCUT2D eigenvalue weighted by atomic mass is 10.3. The van der Waals surface area contributed by atoms with Crippen LogP contribution in [0, 0.1) is 0 Å². The number of aryl methyl sites for hydroxylation is 1. The molecule has 1 aromatic heterocycles. The van der Waals surface area contributed by atoms with Crippen molar-refractivity contribution in [1.82, 2.24) is 9.78 Å². The van der Waals surface area contributed by atoms with E-state index in [4.69, 9.17) is 0 Å². The summed E-state index contributed by atoms with van der Waals surface area (Å²) in [6.45, 7) is 7.53. The number of nitrogens with zero attached hydrogens (tertiary/aromatic N) is 3. The molecule has 0 spiro atoms. The average molecular weight is 227 g/mol. The maximum atomic E-state index is 11.7. The zero-order valence-electron chi connectivity index (χ0n) is 9.81. The maximum Gasteiger partial charge on any atom is 0.144 e. The molecular weight excluding hydrogens is 210 g/mol. The summed E-state index contributed by atoms with van der Waals surface area (Å²) < 4.78 is 17.3. The van der Waals surface area contributed by atoms with Gasteiger partial charge in [-0.3, -0.25) is 4.68 Å². The predicted molar refractivity (Wildman–Crippen MR) is 63.3 cm³/mol. The van der Waals surface area contributed by atoms with Crippen LogP contribution in [0.3, 0.4) is 0 Å². The normalized spacial score (nSPS) is 15.5. The fourth-order valence-electron chi connectivity index (χ4n) is 0.916. The Morgan fingerprint density at radius 3 is 2.53 bits per heavy atom. The zero-order chi connectivity index (χ0) is 11.6. The summed E-state index contributed by atoms with van der Waals surface area (Å²) in [6, 6.07) is 1.86. The lowest BCUT2D eigenvalue weighted by molar-refractivity contribution is 0.561. The standard InChI is InChI=1S/C10H17N3OS/c1-8(9-6-7-13(5)11-9)12-15(14)10(2,3)4/h6-7H,1-5H3/b12-8+/t15-/m1/s1. The van der Waals surface area contributed by atoms with Crippen molar-refractivity contribution < 1.29 is 4.55 Å². The van der Waals surface area contributed by atoms with Crippen molar-refractivity contribution in [2.45, 2.75) is 32.4 Å². The second-order valence-corrected chi connectivity index (χ2v) is 6.32. The lowest BCUT2D eigenvalue weighted by Crippen LogP contribution is -2.26. The SMILES string of the molecule is C/C(=N\[S@+]([O-])C(C)(C)C)c1ccn(C)n1. The third kappa shape index (κ3) is 3.35. The topological polar surface area (TPSA) is 53.2 Å². The maximum absolute atomic E-state index is 11.7. The smallest absolute Gasteiger partial charge is 0.144 e. The van der Waals surface area contributed by atoms with Crippen molar-refractivity contribution >= 4 is 17.1 Å². The molecule has 0 aliphatic heterocycles. The van der Waals surface area contributed by atoms with E-state index in [-0.39, 0.29) is 4.75 Å². The molecule has 1 atom stereocenters. The van der Waals surface area contributed by atoms with Gasteiger partial charge in [-0.25, -0.2) is 0 Å². The van der Waals surface area contributed by atoms with Crippen molar-refractivity contribution in [3.8, 4) is 0 Å². The van der Waals surface area contributed by atoms with Gasteiger partial charge in [-0.1, -0.05) is 4.40 Å². The van der Waals surface area contributed by atoms with Gasteiger partial charge in [0.25, 0.3) is 0 Å². The van der Waals surface area contributed by atoms with E-state index in [1.54, 1.807) is 4.68 Å². The zero-order valence-corrected chi connectivity index (χ0v) is 10.6. The first-order valence-corrected chi connectivity index (χ1v) is 5.88. The van der Waals surface area contributed by atoms with Crippen LogP contribution in [-0.4, -0.2) is 24.8 Å². The first kappa shape index (κ1) is 12.3. The van der Waals surface area contributed by atoms with E-state index < -0.39 is 11.4 Å². The average Bonchev–Trinajstić information content (AvgIpc) is 2.50. The van der Waals surface area contributed by atoms with Crippen molar-refractivity contribution in [3.63, 3.8) is 0 Å². The summed E-state index contributed by atoms with van der Waals surface area (Å²) in [5, 5.41) is 4.20. The highest BCUT2D eigenvalue weighted by Crippen LogP contribution is 2.17.